The first kappa shape index (κ1) is 24.1. The summed E-state index contributed by atoms with van der Waals surface area (Å²) in [5.41, 5.74) is -0.517. The summed E-state index contributed by atoms with van der Waals surface area (Å²) in [4.78, 5) is 10.8. The smallest absolute Gasteiger partial charge is 0.411 e. The minimum absolute atomic E-state index is 0.0982. The molecule has 5 atom stereocenters. The largest absolute Gasteiger partial charge is 0.481 e. The summed E-state index contributed by atoms with van der Waals surface area (Å²) in [5.74, 6) is 3.98. The Labute approximate surface area is 180 Å². The second-order valence-corrected chi connectivity index (χ2v) is 9.03. The van der Waals surface area contributed by atoms with Gasteiger partial charge in [-0.1, -0.05) is 37.2 Å². The summed E-state index contributed by atoms with van der Waals surface area (Å²) in [6, 6.07) is 0. The molecule has 0 aromatic rings. The Morgan fingerprint density at radius 3 is 2.61 bits per heavy atom. The molecule has 0 aromatic carbocycles. The zero-order valence-corrected chi connectivity index (χ0v) is 17.5. The highest BCUT2D eigenvalue weighted by Gasteiger charge is 2.59. The number of rotatable bonds is 6. The van der Waals surface area contributed by atoms with Gasteiger partial charge in [-0.2, -0.15) is 13.2 Å². The number of allylic oxidation sites excluding steroid dienone is 1. The molecule has 0 spiro atoms. The van der Waals surface area contributed by atoms with E-state index in [-0.39, 0.29) is 31.6 Å². The van der Waals surface area contributed by atoms with Gasteiger partial charge < -0.3 is 20.1 Å². The molecular formula is C23H31F3O5. The summed E-state index contributed by atoms with van der Waals surface area (Å²) in [5, 5.41) is 29.8. The number of hydrogen-bond acceptors (Lipinski definition) is 4. The Morgan fingerprint density at radius 2 is 1.97 bits per heavy atom. The van der Waals surface area contributed by atoms with Crippen molar-refractivity contribution in [2.45, 2.75) is 88.2 Å². The van der Waals surface area contributed by atoms with Crippen LogP contribution in [0, 0.1) is 29.6 Å². The molecule has 5 nitrogen and oxygen atoms in total. The fourth-order valence-electron chi connectivity index (χ4n) is 5.31. The first-order chi connectivity index (χ1) is 14.6. The van der Waals surface area contributed by atoms with Crippen LogP contribution in [0.25, 0.3) is 0 Å². The van der Waals surface area contributed by atoms with Crippen molar-refractivity contribution in [2.24, 2.45) is 17.8 Å². The number of fused-ring (bicyclic) bond motifs is 1. The van der Waals surface area contributed by atoms with Gasteiger partial charge in [-0.3, -0.25) is 4.79 Å². The molecule has 31 heavy (non-hydrogen) atoms. The zero-order chi connectivity index (χ0) is 22.6. The molecule has 0 heterocycles. The van der Waals surface area contributed by atoms with Crippen molar-refractivity contribution >= 4 is 5.97 Å². The fraction of sp³-hybridized carbons (Fsp3) is 0.783. The third-order valence-corrected chi connectivity index (χ3v) is 6.98. The van der Waals surface area contributed by atoms with E-state index in [1.807, 2.05) is 0 Å². The maximum atomic E-state index is 12.9. The molecule has 3 fully saturated rings. The molecule has 3 saturated carbocycles. The van der Waals surface area contributed by atoms with Gasteiger partial charge in [0.1, 0.15) is 12.7 Å². The number of carboxylic acid groups (broad SMARTS) is 1. The van der Waals surface area contributed by atoms with Crippen LogP contribution in [-0.2, 0) is 9.53 Å². The number of carbonyl (C=O) groups is 1. The molecule has 8 heteroatoms. The second-order valence-electron chi connectivity index (χ2n) is 9.03. The predicted octanol–water partition coefficient (Wildman–Crippen LogP) is 3.83. The van der Waals surface area contributed by atoms with Crippen molar-refractivity contribution in [3.63, 3.8) is 0 Å². The summed E-state index contributed by atoms with van der Waals surface area (Å²) >= 11 is 0. The molecule has 0 aliphatic heterocycles. The van der Waals surface area contributed by atoms with E-state index in [2.05, 4.69) is 11.8 Å². The molecule has 174 valence electrons. The number of ether oxygens (including phenoxy) is 1. The van der Waals surface area contributed by atoms with Crippen molar-refractivity contribution in [2.75, 3.05) is 6.61 Å². The lowest BCUT2D eigenvalue weighted by Crippen LogP contribution is -2.60. The Hall–Kier alpha value is -1.56. The van der Waals surface area contributed by atoms with Crippen molar-refractivity contribution in [1.82, 2.24) is 0 Å². The third kappa shape index (κ3) is 5.82. The zero-order valence-electron chi connectivity index (χ0n) is 17.5. The minimum atomic E-state index is -4.49. The number of aliphatic hydroxyl groups excluding tert-OH is 2. The normalized spacial score (nSPS) is 33.7. The maximum Gasteiger partial charge on any atom is 0.411 e. The Kier molecular flexibility index (Phi) is 7.72. The van der Waals surface area contributed by atoms with Crippen LogP contribution in [0.3, 0.4) is 0 Å². The number of aliphatic carboxylic acids is 1. The number of aliphatic hydroxyl groups is 2. The average Bonchev–Trinajstić information content (AvgIpc) is 2.70. The maximum absolute atomic E-state index is 12.9. The van der Waals surface area contributed by atoms with Crippen molar-refractivity contribution in [3.8, 4) is 11.8 Å². The SMILES string of the molecule is O=C(O)CCC=C1C[C@H]2[C@H](C#CC(O)C3CCCCC3)[C@@H](O)CC[C@@]12OCC(F)(F)F. The van der Waals surface area contributed by atoms with Crippen LogP contribution in [-0.4, -0.2) is 51.9 Å². The monoisotopic (exact) mass is 444 g/mol. The molecule has 0 saturated heterocycles. The van der Waals surface area contributed by atoms with Crippen LogP contribution in [0.5, 0.6) is 0 Å². The highest BCUT2D eigenvalue weighted by Crippen LogP contribution is 2.57. The van der Waals surface area contributed by atoms with E-state index in [0.717, 1.165) is 32.1 Å². The number of alkyl halides is 3. The van der Waals surface area contributed by atoms with Gasteiger partial charge in [-0.25, -0.2) is 0 Å². The van der Waals surface area contributed by atoms with Crippen LogP contribution in [0.2, 0.25) is 0 Å². The van der Waals surface area contributed by atoms with Gasteiger partial charge in [0, 0.05) is 12.3 Å². The van der Waals surface area contributed by atoms with Crippen molar-refractivity contribution < 1.29 is 38.0 Å². The number of halogens is 3. The second kappa shape index (κ2) is 9.93. The van der Waals surface area contributed by atoms with Crippen LogP contribution in [0.15, 0.2) is 11.6 Å². The van der Waals surface area contributed by atoms with Gasteiger partial charge in [-0.05, 0) is 50.0 Å². The van der Waals surface area contributed by atoms with E-state index in [4.69, 9.17) is 9.84 Å². The van der Waals surface area contributed by atoms with E-state index in [0.29, 0.717) is 12.0 Å². The number of hydrogen-bond donors (Lipinski definition) is 3. The number of carboxylic acids is 1. The van der Waals surface area contributed by atoms with E-state index < -0.39 is 48.4 Å². The van der Waals surface area contributed by atoms with E-state index >= 15 is 0 Å². The van der Waals surface area contributed by atoms with Crippen LogP contribution in [0.1, 0.15) is 64.2 Å². The predicted molar refractivity (Wildman–Crippen MR) is 107 cm³/mol. The Balaban J connectivity index is 1.77. The minimum Gasteiger partial charge on any atom is -0.481 e. The fourth-order valence-corrected chi connectivity index (χ4v) is 5.31. The van der Waals surface area contributed by atoms with Gasteiger partial charge in [0.2, 0.25) is 0 Å². The highest BCUT2D eigenvalue weighted by atomic mass is 19.4. The van der Waals surface area contributed by atoms with E-state index in [1.165, 1.54) is 0 Å². The van der Waals surface area contributed by atoms with Crippen molar-refractivity contribution in [3.05, 3.63) is 11.6 Å². The van der Waals surface area contributed by atoms with Gasteiger partial charge >= 0.3 is 12.1 Å². The lowest BCUT2D eigenvalue weighted by Gasteiger charge is -2.57. The molecule has 3 aliphatic carbocycles. The summed E-state index contributed by atoms with van der Waals surface area (Å²) in [7, 11) is 0. The molecule has 1 unspecified atom stereocenters. The van der Waals surface area contributed by atoms with Gasteiger partial charge in [0.05, 0.1) is 17.6 Å². The highest BCUT2D eigenvalue weighted by molar-refractivity contribution is 5.66. The van der Waals surface area contributed by atoms with E-state index in [9.17, 15) is 28.2 Å². The Morgan fingerprint density at radius 1 is 1.26 bits per heavy atom. The van der Waals surface area contributed by atoms with Crippen molar-refractivity contribution in [1.29, 1.82) is 0 Å². The first-order valence-electron chi connectivity index (χ1n) is 11.1. The topological polar surface area (TPSA) is 87.0 Å². The summed E-state index contributed by atoms with van der Waals surface area (Å²) in [6.45, 7) is -1.40. The molecule has 0 amide bonds. The van der Waals surface area contributed by atoms with Crippen LogP contribution < -0.4 is 0 Å². The van der Waals surface area contributed by atoms with Gasteiger partial charge in [0.15, 0.2) is 0 Å². The quantitative estimate of drug-likeness (QED) is 0.428. The lowest BCUT2D eigenvalue weighted by molar-refractivity contribution is -0.234. The van der Waals surface area contributed by atoms with Gasteiger partial charge in [0.25, 0.3) is 0 Å². The lowest BCUT2D eigenvalue weighted by atomic mass is 9.53. The first-order valence-corrected chi connectivity index (χ1v) is 11.1. The van der Waals surface area contributed by atoms with E-state index in [1.54, 1.807) is 6.08 Å². The summed E-state index contributed by atoms with van der Waals surface area (Å²) in [6.07, 6.45) is 1.64. The molecule has 3 rings (SSSR count). The molecule has 3 aliphatic rings. The molecule has 0 radical (unpaired) electrons. The van der Waals surface area contributed by atoms with Gasteiger partial charge in [-0.15, -0.1) is 0 Å². The molecule has 0 aromatic heterocycles. The molecular weight excluding hydrogens is 413 g/mol. The molecule has 3 N–H and O–H groups in total. The summed E-state index contributed by atoms with van der Waals surface area (Å²) < 4.78 is 44.2. The Bertz CT molecular complexity index is 732. The average molecular weight is 444 g/mol. The van der Waals surface area contributed by atoms with Crippen LogP contribution >= 0.6 is 0 Å². The van der Waals surface area contributed by atoms with Crippen LogP contribution in [0.4, 0.5) is 13.2 Å². The third-order valence-electron chi connectivity index (χ3n) is 6.98. The molecule has 0 bridgehead atoms. The standard InChI is InChI=1S/C23H31F3O5/c24-23(25,26)14-31-22-12-11-20(28)17(9-10-19(27)15-5-2-1-3-6-15)18(22)13-16(22)7-4-8-21(29)30/h7,15,17-20,27-28H,1-6,8,11-14H2,(H,29,30)/t17-,18-,19?,20-,22+/m0/s1.